The number of carbonyl (C=O) groups excluding carboxylic acids is 1. The van der Waals surface area contributed by atoms with Crippen molar-refractivity contribution in [1.82, 2.24) is 0 Å². The molecule has 0 radical (unpaired) electrons. The first-order valence-electron chi connectivity index (χ1n) is 7.11. The highest BCUT2D eigenvalue weighted by atomic mass is 32.2. The Kier molecular flexibility index (Phi) is 5.14. The number of methoxy groups -OCH3 is 2. The van der Waals surface area contributed by atoms with Crippen molar-refractivity contribution in [3.05, 3.63) is 47.5 Å². The Morgan fingerprint density at radius 1 is 1.04 bits per heavy atom. The smallest absolute Gasteiger partial charge is 0.256 e. The lowest BCUT2D eigenvalue weighted by atomic mass is 10.1. The van der Waals surface area contributed by atoms with Crippen molar-refractivity contribution >= 4 is 21.4 Å². The van der Waals surface area contributed by atoms with Crippen LogP contribution in [0.2, 0.25) is 0 Å². The summed E-state index contributed by atoms with van der Waals surface area (Å²) in [6.45, 7) is 1.81. The van der Waals surface area contributed by atoms with E-state index < -0.39 is 15.7 Å². The van der Waals surface area contributed by atoms with E-state index in [1.54, 1.807) is 31.2 Å². The second kappa shape index (κ2) is 6.92. The Labute approximate surface area is 141 Å². The molecule has 0 unspecified atom stereocenters. The summed E-state index contributed by atoms with van der Waals surface area (Å²) in [5.74, 6) is 0.505. The standard InChI is InChI=1S/C17H19NO5S/c1-11-9-14(22-2)15(23-3)10-13(11)18-17(19)12-7-5-6-8-16(12)24(4,20)21/h5-10H,1-4H3,(H,18,19). The maximum absolute atomic E-state index is 12.5. The van der Waals surface area contributed by atoms with Crippen molar-refractivity contribution in [2.45, 2.75) is 11.8 Å². The summed E-state index contributed by atoms with van der Waals surface area (Å²) in [5.41, 5.74) is 1.37. The van der Waals surface area contributed by atoms with Crippen LogP contribution in [0.15, 0.2) is 41.3 Å². The minimum atomic E-state index is -3.51. The first-order valence-corrected chi connectivity index (χ1v) is 9.00. The van der Waals surface area contributed by atoms with E-state index in [0.717, 1.165) is 11.8 Å². The SMILES string of the molecule is COc1cc(C)c(NC(=O)c2ccccc2S(C)(=O)=O)cc1OC. The van der Waals surface area contributed by atoms with E-state index in [2.05, 4.69) is 5.32 Å². The minimum Gasteiger partial charge on any atom is -0.493 e. The predicted molar refractivity (Wildman–Crippen MR) is 91.8 cm³/mol. The van der Waals surface area contributed by atoms with Gasteiger partial charge in [0.15, 0.2) is 21.3 Å². The van der Waals surface area contributed by atoms with Crippen LogP contribution in [0.5, 0.6) is 11.5 Å². The number of amides is 1. The number of anilines is 1. The Balaban J connectivity index is 2.42. The second-order valence-electron chi connectivity index (χ2n) is 5.24. The number of benzene rings is 2. The molecule has 24 heavy (non-hydrogen) atoms. The maximum atomic E-state index is 12.5. The van der Waals surface area contributed by atoms with Gasteiger partial charge in [-0.05, 0) is 30.7 Å². The molecule has 1 amide bonds. The zero-order valence-electron chi connectivity index (χ0n) is 13.9. The van der Waals surface area contributed by atoms with Crippen molar-refractivity contribution < 1.29 is 22.7 Å². The molecular formula is C17H19NO5S. The van der Waals surface area contributed by atoms with Crippen LogP contribution in [-0.2, 0) is 9.84 Å². The molecule has 6 nitrogen and oxygen atoms in total. The highest BCUT2D eigenvalue weighted by Crippen LogP contribution is 2.33. The van der Waals surface area contributed by atoms with Crippen LogP contribution in [-0.4, -0.2) is 34.8 Å². The van der Waals surface area contributed by atoms with E-state index in [4.69, 9.17) is 9.47 Å². The molecule has 0 aliphatic carbocycles. The Morgan fingerprint density at radius 2 is 1.62 bits per heavy atom. The topological polar surface area (TPSA) is 81.7 Å². The van der Waals surface area contributed by atoms with Crippen LogP contribution >= 0.6 is 0 Å². The van der Waals surface area contributed by atoms with E-state index in [9.17, 15) is 13.2 Å². The molecule has 2 aromatic carbocycles. The maximum Gasteiger partial charge on any atom is 0.256 e. The molecule has 2 aromatic rings. The van der Waals surface area contributed by atoms with Crippen LogP contribution in [0.1, 0.15) is 15.9 Å². The van der Waals surface area contributed by atoms with Crippen LogP contribution in [0.3, 0.4) is 0 Å². The van der Waals surface area contributed by atoms with Gasteiger partial charge in [-0.3, -0.25) is 4.79 Å². The normalized spacial score (nSPS) is 11.0. The average molecular weight is 349 g/mol. The van der Waals surface area contributed by atoms with Crippen molar-refractivity contribution in [3.8, 4) is 11.5 Å². The van der Waals surface area contributed by atoms with Crippen LogP contribution in [0.4, 0.5) is 5.69 Å². The van der Waals surface area contributed by atoms with Gasteiger partial charge in [-0.1, -0.05) is 12.1 Å². The zero-order chi connectivity index (χ0) is 17.9. The van der Waals surface area contributed by atoms with Crippen molar-refractivity contribution in [1.29, 1.82) is 0 Å². The molecule has 0 saturated heterocycles. The van der Waals surface area contributed by atoms with E-state index in [1.165, 1.54) is 26.4 Å². The fraction of sp³-hybridized carbons (Fsp3) is 0.235. The molecule has 0 spiro atoms. The number of nitrogens with one attached hydrogen (secondary N) is 1. The van der Waals surface area contributed by atoms with Gasteiger partial charge in [0.05, 0.1) is 24.7 Å². The van der Waals surface area contributed by atoms with E-state index in [1.807, 2.05) is 0 Å². The lowest BCUT2D eigenvalue weighted by Gasteiger charge is -2.14. The van der Waals surface area contributed by atoms with Crippen LogP contribution < -0.4 is 14.8 Å². The summed E-state index contributed by atoms with van der Waals surface area (Å²) in [7, 11) is -0.486. The van der Waals surface area contributed by atoms with E-state index in [0.29, 0.717) is 17.2 Å². The summed E-state index contributed by atoms with van der Waals surface area (Å²) in [6, 6.07) is 9.44. The Hall–Kier alpha value is -2.54. The third-order valence-electron chi connectivity index (χ3n) is 3.51. The first-order chi connectivity index (χ1) is 11.3. The third-order valence-corrected chi connectivity index (χ3v) is 4.66. The number of hydrogen-bond acceptors (Lipinski definition) is 5. The number of hydrogen-bond donors (Lipinski definition) is 1. The Bertz CT molecular complexity index is 875. The number of carbonyl (C=O) groups is 1. The summed E-state index contributed by atoms with van der Waals surface area (Å²) in [5, 5.41) is 2.73. The fourth-order valence-corrected chi connectivity index (χ4v) is 3.17. The molecule has 0 aliphatic rings. The molecule has 0 fully saturated rings. The Morgan fingerprint density at radius 3 is 2.21 bits per heavy atom. The molecule has 0 bridgehead atoms. The molecule has 1 N–H and O–H groups in total. The first kappa shape index (κ1) is 17.8. The quantitative estimate of drug-likeness (QED) is 0.897. The second-order valence-corrected chi connectivity index (χ2v) is 7.23. The summed E-state index contributed by atoms with van der Waals surface area (Å²) >= 11 is 0. The summed E-state index contributed by atoms with van der Waals surface area (Å²) in [6.07, 6.45) is 1.07. The van der Waals surface area contributed by atoms with E-state index >= 15 is 0 Å². The van der Waals surface area contributed by atoms with Gasteiger partial charge in [-0.25, -0.2) is 8.42 Å². The molecule has 0 atom stereocenters. The molecule has 0 heterocycles. The van der Waals surface area contributed by atoms with Crippen molar-refractivity contribution in [2.24, 2.45) is 0 Å². The average Bonchev–Trinajstić information content (AvgIpc) is 2.55. The van der Waals surface area contributed by atoms with E-state index in [-0.39, 0.29) is 10.5 Å². The summed E-state index contributed by atoms with van der Waals surface area (Å²) < 4.78 is 34.1. The predicted octanol–water partition coefficient (Wildman–Crippen LogP) is 2.67. The molecule has 0 aromatic heterocycles. The van der Waals surface area contributed by atoms with Gasteiger partial charge >= 0.3 is 0 Å². The van der Waals surface area contributed by atoms with Gasteiger partial charge in [0.2, 0.25) is 0 Å². The van der Waals surface area contributed by atoms with Gasteiger partial charge in [0.25, 0.3) is 5.91 Å². The van der Waals surface area contributed by atoms with Gasteiger partial charge in [-0.2, -0.15) is 0 Å². The minimum absolute atomic E-state index is 0.0133. The molecular weight excluding hydrogens is 330 g/mol. The molecule has 128 valence electrons. The largest absolute Gasteiger partial charge is 0.493 e. The van der Waals surface area contributed by atoms with Crippen LogP contribution in [0.25, 0.3) is 0 Å². The fourth-order valence-electron chi connectivity index (χ4n) is 2.28. The highest BCUT2D eigenvalue weighted by Gasteiger charge is 2.19. The highest BCUT2D eigenvalue weighted by molar-refractivity contribution is 7.90. The van der Waals surface area contributed by atoms with Crippen molar-refractivity contribution in [3.63, 3.8) is 0 Å². The number of sulfone groups is 1. The molecule has 0 saturated carbocycles. The van der Waals surface area contributed by atoms with Gasteiger partial charge in [0, 0.05) is 18.0 Å². The number of ether oxygens (including phenoxy) is 2. The number of aryl methyl sites for hydroxylation is 1. The zero-order valence-corrected chi connectivity index (χ0v) is 14.7. The lowest BCUT2D eigenvalue weighted by molar-refractivity contribution is 0.102. The molecule has 2 rings (SSSR count). The number of rotatable bonds is 5. The van der Waals surface area contributed by atoms with Gasteiger partial charge in [-0.15, -0.1) is 0 Å². The van der Waals surface area contributed by atoms with Crippen molar-refractivity contribution in [2.75, 3.05) is 25.8 Å². The molecule has 0 aliphatic heterocycles. The monoisotopic (exact) mass is 349 g/mol. The summed E-state index contributed by atoms with van der Waals surface area (Å²) in [4.78, 5) is 12.5. The third kappa shape index (κ3) is 3.68. The van der Waals surface area contributed by atoms with Gasteiger partial charge in [0.1, 0.15) is 0 Å². The molecule has 7 heteroatoms. The van der Waals surface area contributed by atoms with Crippen LogP contribution in [0, 0.1) is 6.92 Å². The van der Waals surface area contributed by atoms with Gasteiger partial charge < -0.3 is 14.8 Å². The lowest BCUT2D eigenvalue weighted by Crippen LogP contribution is -2.16.